The first-order valence-corrected chi connectivity index (χ1v) is 5.11. The molecule has 0 saturated heterocycles. The molecule has 0 aliphatic heterocycles. The predicted octanol–water partition coefficient (Wildman–Crippen LogP) is 2.90. The van der Waals surface area contributed by atoms with Gasteiger partial charge < -0.3 is 5.11 Å². The van der Waals surface area contributed by atoms with Gasteiger partial charge in [-0.3, -0.25) is 0 Å². The van der Waals surface area contributed by atoms with Crippen LogP contribution in [0.25, 0.3) is 0 Å². The molecule has 1 rings (SSSR count). The van der Waals surface area contributed by atoms with Gasteiger partial charge in [-0.2, -0.15) is 0 Å². The van der Waals surface area contributed by atoms with Crippen molar-refractivity contribution in [3.63, 3.8) is 0 Å². The van der Waals surface area contributed by atoms with E-state index in [1.54, 1.807) is 0 Å². The first-order valence-electron chi connectivity index (χ1n) is 5.11. The summed E-state index contributed by atoms with van der Waals surface area (Å²) in [6.07, 6.45) is 1.56. The van der Waals surface area contributed by atoms with Crippen molar-refractivity contribution in [3.8, 4) is 0 Å². The number of hydrogen-bond acceptors (Lipinski definition) is 1. The van der Waals surface area contributed by atoms with Gasteiger partial charge in [0.2, 0.25) is 0 Å². The molecule has 1 aromatic rings. The summed E-state index contributed by atoms with van der Waals surface area (Å²) in [4.78, 5) is 10.8. The first kappa shape index (κ1) is 11.5. The molecule has 0 heterocycles. The lowest BCUT2D eigenvalue weighted by Gasteiger charge is -2.14. The molecule has 0 radical (unpaired) electrons. The van der Waals surface area contributed by atoms with Crippen LogP contribution >= 0.6 is 0 Å². The quantitative estimate of drug-likeness (QED) is 0.749. The zero-order valence-electron chi connectivity index (χ0n) is 8.94. The number of carboxylic acids is 1. The van der Waals surface area contributed by atoms with E-state index in [1.807, 2.05) is 37.3 Å². The third-order valence-corrected chi connectivity index (χ3v) is 2.59. The monoisotopic (exact) mass is 204 g/mol. The molecular formula is C13H16O2. The van der Waals surface area contributed by atoms with E-state index in [-0.39, 0.29) is 5.92 Å². The lowest BCUT2D eigenvalue weighted by molar-refractivity contribution is -0.133. The summed E-state index contributed by atoms with van der Waals surface area (Å²) in [7, 11) is 0. The fraction of sp³-hybridized carbons (Fsp3) is 0.308. The number of aliphatic carboxylic acids is 1. The molecule has 0 fully saturated rings. The van der Waals surface area contributed by atoms with Crippen molar-refractivity contribution >= 4 is 5.97 Å². The van der Waals surface area contributed by atoms with E-state index in [0.29, 0.717) is 5.57 Å². The SMILES string of the molecule is C=C(C(=O)O)C(CC)Cc1ccccc1. The van der Waals surface area contributed by atoms with E-state index in [0.717, 1.165) is 18.4 Å². The van der Waals surface area contributed by atoms with Gasteiger partial charge in [-0.05, 0) is 24.3 Å². The summed E-state index contributed by atoms with van der Waals surface area (Å²) in [6.45, 7) is 5.61. The number of hydrogen-bond donors (Lipinski definition) is 1. The lowest BCUT2D eigenvalue weighted by atomic mass is 9.90. The molecule has 0 spiro atoms. The highest BCUT2D eigenvalue weighted by molar-refractivity contribution is 5.86. The average Bonchev–Trinajstić information content (AvgIpc) is 2.26. The molecule has 1 N–H and O–H groups in total. The molecule has 15 heavy (non-hydrogen) atoms. The minimum atomic E-state index is -0.891. The van der Waals surface area contributed by atoms with Crippen LogP contribution in [0.4, 0.5) is 0 Å². The van der Waals surface area contributed by atoms with Crippen LogP contribution in [0.15, 0.2) is 42.5 Å². The second kappa shape index (κ2) is 5.35. The van der Waals surface area contributed by atoms with Gasteiger partial charge in [-0.25, -0.2) is 4.79 Å². The molecule has 0 bridgehead atoms. The number of carbonyl (C=O) groups is 1. The molecule has 0 aliphatic rings. The van der Waals surface area contributed by atoms with Crippen molar-refractivity contribution in [2.24, 2.45) is 5.92 Å². The van der Waals surface area contributed by atoms with Crippen LogP contribution < -0.4 is 0 Å². The van der Waals surface area contributed by atoms with Gasteiger partial charge in [-0.1, -0.05) is 43.8 Å². The highest BCUT2D eigenvalue weighted by Crippen LogP contribution is 2.19. The third-order valence-electron chi connectivity index (χ3n) is 2.59. The van der Waals surface area contributed by atoms with Crippen molar-refractivity contribution in [3.05, 3.63) is 48.0 Å². The molecule has 0 amide bonds. The van der Waals surface area contributed by atoms with Crippen LogP contribution in [0.2, 0.25) is 0 Å². The van der Waals surface area contributed by atoms with E-state index in [9.17, 15) is 4.79 Å². The molecule has 1 aromatic carbocycles. The van der Waals surface area contributed by atoms with Crippen molar-refractivity contribution < 1.29 is 9.90 Å². The molecular weight excluding hydrogens is 188 g/mol. The number of carboxylic acid groups (broad SMARTS) is 1. The average molecular weight is 204 g/mol. The molecule has 1 unspecified atom stereocenters. The summed E-state index contributed by atoms with van der Waals surface area (Å²) >= 11 is 0. The molecule has 0 saturated carbocycles. The van der Waals surface area contributed by atoms with E-state index < -0.39 is 5.97 Å². The van der Waals surface area contributed by atoms with Gasteiger partial charge in [0.25, 0.3) is 0 Å². The van der Waals surface area contributed by atoms with Crippen molar-refractivity contribution in [2.45, 2.75) is 19.8 Å². The molecule has 2 heteroatoms. The van der Waals surface area contributed by atoms with E-state index in [2.05, 4.69) is 6.58 Å². The Kier molecular flexibility index (Phi) is 4.10. The second-order valence-corrected chi connectivity index (χ2v) is 3.63. The normalized spacial score (nSPS) is 12.1. The second-order valence-electron chi connectivity index (χ2n) is 3.63. The van der Waals surface area contributed by atoms with E-state index in [4.69, 9.17) is 5.11 Å². The summed E-state index contributed by atoms with van der Waals surface area (Å²) in [5, 5.41) is 8.86. The highest BCUT2D eigenvalue weighted by atomic mass is 16.4. The van der Waals surface area contributed by atoms with Crippen LogP contribution in [0.5, 0.6) is 0 Å². The van der Waals surface area contributed by atoms with Crippen LogP contribution in [0, 0.1) is 5.92 Å². The summed E-state index contributed by atoms with van der Waals surface area (Å²) in [5.74, 6) is -0.859. The Morgan fingerprint density at radius 2 is 2.00 bits per heavy atom. The minimum absolute atomic E-state index is 0.0323. The zero-order chi connectivity index (χ0) is 11.3. The highest BCUT2D eigenvalue weighted by Gasteiger charge is 2.16. The smallest absolute Gasteiger partial charge is 0.331 e. The maximum atomic E-state index is 10.8. The van der Waals surface area contributed by atoms with E-state index >= 15 is 0 Å². The molecule has 0 aliphatic carbocycles. The van der Waals surface area contributed by atoms with E-state index in [1.165, 1.54) is 0 Å². The number of benzene rings is 1. The van der Waals surface area contributed by atoms with Crippen LogP contribution in [-0.2, 0) is 11.2 Å². The maximum absolute atomic E-state index is 10.8. The first-order chi connectivity index (χ1) is 7.15. The zero-order valence-corrected chi connectivity index (χ0v) is 8.94. The minimum Gasteiger partial charge on any atom is -0.478 e. The summed E-state index contributed by atoms with van der Waals surface area (Å²) in [5.41, 5.74) is 1.47. The van der Waals surface area contributed by atoms with Crippen LogP contribution in [0.3, 0.4) is 0 Å². The molecule has 80 valence electrons. The molecule has 2 nitrogen and oxygen atoms in total. The molecule has 1 atom stereocenters. The third kappa shape index (κ3) is 3.24. The Bertz CT molecular complexity index is 341. The Morgan fingerprint density at radius 1 is 1.40 bits per heavy atom. The predicted molar refractivity (Wildman–Crippen MR) is 60.7 cm³/mol. The van der Waals surface area contributed by atoms with Gasteiger partial charge in [0.05, 0.1) is 0 Å². The van der Waals surface area contributed by atoms with Gasteiger partial charge in [0.15, 0.2) is 0 Å². The van der Waals surface area contributed by atoms with Gasteiger partial charge in [0.1, 0.15) is 0 Å². The maximum Gasteiger partial charge on any atom is 0.331 e. The fourth-order valence-corrected chi connectivity index (χ4v) is 1.59. The topological polar surface area (TPSA) is 37.3 Å². The standard InChI is InChI=1S/C13H16O2/c1-3-12(10(2)13(14)15)9-11-7-5-4-6-8-11/h4-8,12H,2-3,9H2,1H3,(H,14,15). The lowest BCUT2D eigenvalue weighted by Crippen LogP contribution is -2.13. The fourth-order valence-electron chi connectivity index (χ4n) is 1.59. The Balaban J connectivity index is 2.70. The van der Waals surface area contributed by atoms with Crippen molar-refractivity contribution in [1.82, 2.24) is 0 Å². The Morgan fingerprint density at radius 3 is 2.47 bits per heavy atom. The summed E-state index contributed by atoms with van der Waals surface area (Å²) in [6, 6.07) is 9.91. The van der Waals surface area contributed by atoms with Crippen molar-refractivity contribution in [2.75, 3.05) is 0 Å². The number of rotatable bonds is 5. The molecule has 0 aromatic heterocycles. The van der Waals surface area contributed by atoms with Gasteiger partial charge >= 0.3 is 5.97 Å². The van der Waals surface area contributed by atoms with Gasteiger partial charge in [0, 0.05) is 5.57 Å². The van der Waals surface area contributed by atoms with Crippen LogP contribution in [-0.4, -0.2) is 11.1 Å². The van der Waals surface area contributed by atoms with Crippen LogP contribution in [0.1, 0.15) is 18.9 Å². The summed E-state index contributed by atoms with van der Waals surface area (Å²) < 4.78 is 0. The van der Waals surface area contributed by atoms with Crippen molar-refractivity contribution in [1.29, 1.82) is 0 Å². The Labute approximate surface area is 90.3 Å². The van der Waals surface area contributed by atoms with Gasteiger partial charge in [-0.15, -0.1) is 0 Å². The Hall–Kier alpha value is -1.57. The largest absolute Gasteiger partial charge is 0.478 e.